The fourth-order valence-corrected chi connectivity index (χ4v) is 3.54. The molecule has 3 rings (SSSR count). The molecule has 8 nitrogen and oxygen atoms in total. The van der Waals surface area contributed by atoms with E-state index in [1.165, 1.54) is 19.1 Å². The number of piperazine rings is 1. The summed E-state index contributed by atoms with van der Waals surface area (Å²) >= 11 is 6.17. The quantitative estimate of drug-likeness (QED) is 0.702. The van der Waals surface area contributed by atoms with Gasteiger partial charge in [0.25, 0.3) is 5.91 Å². The second kappa shape index (κ2) is 8.60. The van der Waals surface area contributed by atoms with Gasteiger partial charge in [-0.2, -0.15) is 0 Å². The number of carbonyl (C=O) groups is 4. The first kappa shape index (κ1) is 20.1. The molecule has 0 aromatic heterocycles. The largest absolute Gasteiger partial charge is 0.452 e. The third kappa shape index (κ3) is 4.44. The van der Waals surface area contributed by atoms with E-state index in [-0.39, 0.29) is 29.9 Å². The Kier molecular flexibility index (Phi) is 6.18. The van der Waals surface area contributed by atoms with Gasteiger partial charge in [-0.25, -0.2) is 4.79 Å². The molecule has 1 aromatic carbocycles. The molecule has 0 radical (unpaired) electrons. The molecule has 2 fully saturated rings. The molecular formula is C19H22ClN3O5. The summed E-state index contributed by atoms with van der Waals surface area (Å²) in [6, 6.07) is 4.57. The number of amides is 3. The van der Waals surface area contributed by atoms with Crippen LogP contribution in [-0.2, 0) is 19.1 Å². The van der Waals surface area contributed by atoms with Crippen LogP contribution in [0, 0.1) is 0 Å². The van der Waals surface area contributed by atoms with Crippen LogP contribution in [0.3, 0.4) is 0 Å². The predicted molar refractivity (Wildman–Crippen MR) is 102 cm³/mol. The van der Waals surface area contributed by atoms with Gasteiger partial charge in [0.1, 0.15) is 0 Å². The Morgan fingerprint density at radius 3 is 2.36 bits per heavy atom. The molecule has 3 amide bonds. The molecule has 28 heavy (non-hydrogen) atoms. The minimum atomic E-state index is -0.653. The summed E-state index contributed by atoms with van der Waals surface area (Å²) in [4.78, 5) is 52.7. The normalized spacial score (nSPS) is 17.1. The van der Waals surface area contributed by atoms with Crippen LogP contribution in [0.4, 0.5) is 5.69 Å². The van der Waals surface area contributed by atoms with Crippen LogP contribution in [0.2, 0.25) is 5.02 Å². The lowest BCUT2D eigenvalue weighted by atomic mass is 10.2. The van der Waals surface area contributed by atoms with Crippen molar-refractivity contribution in [3.8, 4) is 0 Å². The maximum absolute atomic E-state index is 12.3. The van der Waals surface area contributed by atoms with Crippen molar-refractivity contribution in [2.45, 2.75) is 19.8 Å². The Bertz CT molecular complexity index is 805. The minimum Gasteiger partial charge on any atom is -0.452 e. The molecule has 0 atom stereocenters. The predicted octanol–water partition coefficient (Wildman–Crippen LogP) is 1.31. The van der Waals surface area contributed by atoms with Crippen molar-refractivity contribution >= 4 is 41.0 Å². The number of carbonyl (C=O) groups excluding carboxylic acids is 4. The number of ether oxygens (including phenoxy) is 1. The van der Waals surface area contributed by atoms with E-state index in [0.717, 1.165) is 6.42 Å². The second-order valence-electron chi connectivity index (χ2n) is 6.78. The maximum Gasteiger partial charge on any atom is 0.338 e. The third-order valence-electron chi connectivity index (χ3n) is 4.95. The highest BCUT2D eigenvalue weighted by atomic mass is 35.5. The van der Waals surface area contributed by atoms with Crippen LogP contribution < -0.4 is 4.90 Å². The molecule has 0 bridgehead atoms. The number of rotatable bonds is 4. The molecule has 0 unspecified atom stereocenters. The van der Waals surface area contributed by atoms with Gasteiger partial charge in [0.05, 0.1) is 16.3 Å². The van der Waals surface area contributed by atoms with E-state index in [0.29, 0.717) is 49.9 Å². The second-order valence-corrected chi connectivity index (χ2v) is 7.19. The molecule has 9 heteroatoms. The lowest BCUT2D eigenvalue weighted by molar-refractivity contribution is -0.140. The standard InChI is InChI=1S/C19H22ClN3O5/c1-13(24)21-7-9-22(10-8-21)18(26)12-28-19(27)14-4-5-15(20)16(11-14)23-6-2-3-17(23)25/h4-5,11H,2-3,6-10,12H2,1H3. The van der Waals surface area contributed by atoms with E-state index in [4.69, 9.17) is 16.3 Å². The summed E-state index contributed by atoms with van der Waals surface area (Å²) < 4.78 is 5.14. The van der Waals surface area contributed by atoms with Gasteiger partial charge in [-0.3, -0.25) is 14.4 Å². The number of halogens is 1. The smallest absolute Gasteiger partial charge is 0.338 e. The SMILES string of the molecule is CC(=O)N1CCN(C(=O)COC(=O)c2ccc(Cl)c(N3CCCC3=O)c2)CC1. The number of esters is 1. The van der Waals surface area contributed by atoms with Crippen molar-refractivity contribution in [2.75, 3.05) is 44.2 Å². The Morgan fingerprint density at radius 1 is 1.07 bits per heavy atom. The van der Waals surface area contributed by atoms with Crippen LogP contribution in [-0.4, -0.2) is 72.8 Å². The van der Waals surface area contributed by atoms with Crippen LogP contribution in [0.5, 0.6) is 0 Å². The van der Waals surface area contributed by atoms with Crippen molar-refractivity contribution in [2.24, 2.45) is 0 Å². The molecule has 0 spiro atoms. The number of hydrogen-bond acceptors (Lipinski definition) is 5. The van der Waals surface area contributed by atoms with Crippen LogP contribution in [0.15, 0.2) is 18.2 Å². The van der Waals surface area contributed by atoms with Gasteiger partial charge in [-0.15, -0.1) is 0 Å². The topological polar surface area (TPSA) is 87.2 Å². The Morgan fingerprint density at radius 2 is 1.75 bits per heavy atom. The number of hydrogen-bond donors (Lipinski definition) is 0. The molecule has 0 saturated carbocycles. The van der Waals surface area contributed by atoms with Crippen LogP contribution >= 0.6 is 11.6 Å². The lowest BCUT2D eigenvalue weighted by Crippen LogP contribution is -2.51. The van der Waals surface area contributed by atoms with E-state index < -0.39 is 5.97 Å². The minimum absolute atomic E-state index is 0.0199. The fourth-order valence-electron chi connectivity index (χ4n) is 3.32. The summed E-state index contributed by atoms with van der Waals surface area (Å²) in [7, 11) is 0. The molecule has 0 N–H and O–H groups in total. The average Bonchev–Trinajstić information content (AvgIpc) is 3.12. The van der Waals surface area contributed by atoms with Crippen molar-refractivity contribution in [1.82, 2.24) is 9.80 Å². The van der Waals surface area contributed by atoms with Gasteiger partial charge < -0.3 is 19.4 Å². The first-order valence-corrected chi connectivity index (χ1v) is 9.55. The van der Waals surface area contributed by atoms with Gasteiger partial charge >= 0.3 is 5.97 Å². The molecule has 1 aromatic rings. The maximum atomic E-state index is 12.3. The fraction of sp³-hybridized carbons (Fsp3) is 0.474. The number of nitrogens with zero attached hydrogens (tertiary/aromatic N) is 3. The summed E-state index contributed by atoms with van der Waals surface area (Å²) in [5.41, 5.74) is 0.707. The molecule has 2 aliphatic rings. The van der Waals surface area contributed by atoms with Crippen molar-refractivity contribution < 1.29 is 23.9 Å². The first-order valence-electron chi connectivity index (χ1n) is 9.17. The number of benzene rings is 1. The molecule has 150 valence electrons. The highest BCUT2D eigenvalue weighted by Gasteiger charge is 2.26. The summed E-state index contributed by atoms with van der Waals surface area (Å²) in [5, 5.41) is 0.381. The Balaban J connectivity index is 1.57. The first-order chi connectivity index (χ1) is 13.4. The van der Waals surface area contributed by atoms with Crippen molar-refractivity contribution in [1.29, 1.82) is 0 Å². The van der Waals surface area contributed by atoms with Gasteiger partial charge in [-0.05, 0) is 24.6 Å². The van der Waals surface area contributed by atoms with E-state index in [1.54, 1.807) is 20.8 Å². The average molecular weight is 408 g/mol. The van der Waals surface area contributed by atoms with E-state index in [2.05, 4.69) is 0 Å². The molecule has 0 aliphatic carbocycles. The highest BCUT2D eigenvalue weighted by Crippen LogP contribution is 2.30. The van der Waals surface area contributed by atoms with Gasteiger partial charge in [0.15, 0.2) is 6.61 Å². The van der Waals surface area contributed by atoms with Gasteiger partial charge in [-0.1, -0.05) is 11.6 Å². The Labute approximate surface area is 168 Å². The molecule has 2 heterocycles. The Hall–Kier alpha value is -2.61. The van der Waals surface area contributed by atoms with Crippen LogP contribution in [0.25, 0.3) is 0 Å². The van der Waals surface area contributed by atoms with Crippen LogP contribution in [0.1, 0.15) is 30.1 Å². The zero-order chi connectivity index (χ0) is 20.3. The summed E-state index contributed by atoms with van der Waals surface area (Å²) in [6.07, 6.45) is 1.20. The zero-order valence-electron chi connectivity index (χ0n) is 15.6. The monoisotopic (exact) mass is 407 g/mol. The zero-order valence-corrected chi connectivity index (χ0v) is 16.4. The van der Waals surface area contributed by atoms with Gasteiger partial charge in [0, 0.05) is 46.1 Å². The van der Waals surface area contributed by atoms with Crippen molar-refractivity contribution in [3.63, 3.8) is 0 Å². The molecular weight excluding hydrogens is 386 g/mol. The van der Waals surface area contributed by atoms with Crippen molar-refractivity contribution in [3.05, 3.63) is 28.8 Å². The summed E-state index contributed by atoms with van der Waals surface area (Å²) in [6.45, 7) is 3.45. The third-order valence-corrected chi connectivity index (χ3v) is 5.27. The molecule has 2 aliphatic heterocycles. The van der Waals surface area contributed by atoms with E-state index >= 15 is 0 Å². The molecule has 2 saturated heterocycles. The lowest BCUT2D eigenvalue weighted by Gasteiger charge is -2.34. The highest BCUT2D eigenvalue weighted by molar-refractivity contribution is 6.34. The van der Waals surface area contributed by atoms with E-state index in [1.807, 2.05) is 0 Å². The van der Waals surface area contributed by atoms with E-state index in [9.17, 15) is 19.2 Å². The van der Waals surface area contributed by atoms with Gasteiger partial charge in [0.2, 0.25) is 11.8 Å². The summed E-state index contributed by atoms with van der Waals surface area (Å²) in [5.74, 6) is -1.01. The number of anilines is 1.